The number of rotatable bonds is 11. The summed E-state index contributed by atoms with van der Waals surface area (Å²) in [6.45, 7) is 6.75. The van der Waals surface area contributed by atoms with Crippen molar-refractivity contribution in [1.29, 1.82) is 0 Å². The average Bonchev–Trinajstić information content (AvgIpc) is 3.02. The number of benzene rings is 3. The molecule has 0 radical (unpaired) electrons. The predicted molar refractivity (Wildman–Crippen MR) is 170 cm³/mol. The zero-order valence-electron chi connectivity index (χ0n) is 24.7. The molecule has 1 aliphatic carbocycles. The Balaban J connectivity index is 1.54. The highest BCUT2D eigenvalue weighted by molar-refractivity contribution is 7.95. The number of ether oxygens (including phenoxy) is 2. The maximum atomic E-state index is 13.9. The average molecular weight is 626 g/mol. The molecule has 2 aliphatic rings. The van der Waals surface area contributed by atoms with Crippen molar-refractivity contribution in [3.63, 3.8) is 0 Å². The molecule has 0 spiro atoms. The summed E-state index contributed by atoms with van der Waals surface area (Å²) < 4.78 is 64.4. The van der Waals surface area contributed by atoms with Crippen LogP contribution >= 0.6 is 0 Å². The number of phenolic OH excluding ortho intramolecular Hbond substituents is 1. The second-order valence-corrected chi connectivity index (χ2v) is 15.8. The molecule has 0 aromatic heterocycles. The van der Waals surface area contributed by atoms with Crippen molar-refractivity contribution in [1.82, 2.24) is 4.90 Å². The summed E-state index contributed by atoms with van der Waals surface area (Å²) in [5.74, 6) is 1.15. The number of piperidine rings is 1. The number of fused-ring (bicyclic) bond motifs is 1. The molecule has 5 rings (SSSR count). The molecule has 1 heterocycles. The lowest BCUT2D eigenvalue weighted by Gasteiger charge is -2.34. The summed E-state index contributed by atoms with van der Waals surface area (Å²) in [7, 11) is -7.59. The van der Waals surface area contributed by atoms with Gasteiger partial charge >= 0.3 is 0 Å². The molecule has 8 nitrogen and oxygen atoms in total. The Hall–Kier alpha value is -3.34. The molecule has 43 heavy (non-hydrogen) atoms. The Bertz CT molecular complexity index is 1740. The summed E-state index contributed by atoms with van der Waals surface area (Å²) in [4.78, 5) is 2.38. The highest BCUT2D eigenvalue weighted by Crippen LogP contribution is 2.48. The highest BCUT2D eigenvalue weighted by atomic mass is 32.2. The van der Waals surface area contributed by atoms with E-state index in [0.29, 0.717) is 34.4 Å². The molecule has 0 amide bonds. The monoisotopic (exact) mass is 625 g/mol. The Kier molecular flexibility index (Phi) is 9.20. The van der Waals surface area contributed by atoms with Crippen molar-refractivity contribution in [2.24, 2.45) is 0 Å². The summed E-state index contributed by atoms with van der Waals surface area (Å²) in [5, 5.41) is 11.4. The molecule has 1 unspecified atom stereocenters. The zero-order chi connectivity index (χ0) is 30.7. The van der Waals surface area contributed by atoms with E-state index in [1.54, 1.807) is 49.4 Å². The van der Waals surface area contributed by atoms with Crippen LogP contribution in [-0.4, -0.2) is 64.6 Å². The number of aromatic hydroxyl groups is 1. The minimum absolute atomic E-state index is 0.0268. The van der Waals surface area contributed by atoms with Gasteiger partial charge in [0.05, 0.1) is 10.7 Å². The van der Waals surface area contributed by atoms with Crippen molar-refractivity contribution in [2.75, 3.05) is 37.7 Å². The zero-order valence-corrected chi connectivity index (χ0v) is 26.3. The van der Waals surface area contributed by atoms with Gasteiger partial charge in [-0.05, 0) is 92.4 Å². The van der Waals surface area contributed by atoms with Crippen molar-refractivity contribution < 1.29 is 31.4 Å². The van der Waals surface area contributed by atoms with Crippen LogP contribution < -0.4 is 9.47 Å². The number of allylic oxidation sites excluding steroid dienone is 2. The number of likely N-dealkylation sites (tertiary alicyclic amines) is 1. The minimum Gasteiger partial charge on any atom is -0.508 e. The van der Waals surface area contributed by atoms with E-state index in [9.17, 15) is 21.9 Å². The lowest BCUT2D eigenvalue weighted by Crippen LogP contribution is -2.37. The van der Waals surface area contributed by atoms with Gasteiger partial charge in [-0.3, -0.25) is 4.90 Å². The minimum atomic E-state index is -3.90. The number of hydrogen-bond donors (Lipinski definition) is 1. The van der Waals surface area contributed by atoms with Gasteiger partial charge in [-0.1, -0.05) is 38.5 Å². The standard InChI is InChI=1S/C33H39NO7S2/c1-3-42(36,37)29-9-8-18-33(24-29,43(38,39)4-2)31-17-10-25-23-26(35)11-16-30(25)32(31)41-28-14-12-27(13-15-28)40-22-21-34-19-6-5-7-20-34/h8-17,23-24,35H,3-7,18-22H2,1-2H3. The van der Waals surface area contributed by atoms with E-state index in [-0.39, 0.29) is 34.3 Å². The van der Waals surface area contributed by atoms with Gasteiger partial charge in [0, 0.05) is 23.2 Å². The summed E-state index contributed by atoms with van der Waals surface area (Å²) in [5.41, 5.74) is 0.336. The molecule has 230 valence electrons. The molecule has 0 bridgehead atoms. The number of sulfone groups is 2. The molecule has 1 saturated heterocycles. The molecule has 1 aliphatic heterocycles. The second-order valence-electron chi connectivity index (χ2n) is 11.0. The Labute approximate surface area is 254 Å². The van der Waals surface area contributed by atoms with Crippen molar-refractivity contribution >= 4 is 30.4 Å². The molecule has 0 saturated carbocycles. The van der Waals surface area contributed by atoms with Crippen molar-refractivity contribution in [2.45, 2.75) is 44.3 Å². The van der Waals surface area contributed by atoms with Gasteiger partial charge in [0.25, 0.3) is 0 Å². The van der Waals surface area contributed by atoms with Crippen LogP contribution in [0.4, 0.5) is 0 Å². The quantitative estimate of drug-likeness (QED) is 0.272. The molecule has 1 fully saturated rings. The van der Waals surface area contributed by atoms with Gasteiger partial charge in [0.1, 0.15) is 34.4 Å². The molecular formula is C33H39NO7S2. The fourth-order valence-corrected chi connectivity index (χ4v) is 8.57. The van der Waals surface area contributed by atoms with E-state index in [1.165, 1.54) is 44.4 Å². The SMILES string of the molecule is CCS(=O)(=O)C1=CC(c2ccc3cc(O)ccc3c2Oc2ccc(OCCN3CCCCC3)cc2)(S(=O)(=O)CC)CC=C1. The Morgan fingerprint density at radius 3 is 2.30 bits per heavy atom. The van der Waals surface area contributed by atoms with E-state index < -0.39 is 24.4 Å². The smallest absolute Gasteiger partial charge is 0.177 e. The first kappa shape index (κ1) is 31.1. The van der Waals surface area contributed by atoms with Gasteiger partial charge in [0.15, 0.2) is 19.7 Å². The molecule has 1 atom stereocenters. The van der Waals surface area contributed by atoms with Crippen LogP contribution in [0.25, 0.3) is 10.8 Å². The number of phenols is 1. The van der Waals surface area contributed by atoms with Gasteiger partial charge in [-0.15, -0.1) is 0 Å². The van der Waals surface area contributed by atoms with Gasteiger partial charge in [0.2, 0.25) is 0 Å². The normalized spacial score (nSPS) is 19.7. The third kappa shape index (κ3) is 6.46. The summed E-state index contributed by atoms with van der Waals surface area (Å²) in [6, 6.07) is 15.3. The Morgan fingerprint density at radius 2 is 1.60 bits per heavy atom. The van der Waals surface area contributed by atoms with Gasteiger partial charge in [-0.25, -0.2) is 16.8 Å². The van der Waals surface area contributed by atoms with Crippen LogP contribution in [0.5, 0.6) is 23.0 Å². The summed E-state index contributed by atoms with van der Waals surface area (Å²) in [6.07, 6.45) is 8.25. The lowest BCUT2D eigenvalue weighted by molar-refractivity contribution is 0.183. The van der Waals surface area contributed by atoms with E-state index in [2.05, 4.69) is 4.90 Å². The molecular weight excluding hydrogens is 586 g/mol. The fraction of sp³-hybridized carbons (Fsp3) is 0.394. The van der Waals surface area contributed by atoms with Gasteiger partial charge < -0.3 is 14.6 Å². The topological polar surface area (TPSA) is 110 Å². The first-order chi connectivity index (χ1) is 20.6. The lowest BCUT2D eigenvalue weighted by atomic mass is 9.88. The van der Waals surface area contributed by atoms with E-state index in [0.717, 1.165) is 19.6 Å². The Morgan fingerprint density at radius 1 is 0.884 bits per heavy atom. The summed E-state index contributed by atoms with van der Waals surface area (Å²) >= 11 is 0. The third-order valence-electron chi connectivity index (χ3n) is 8.33. The molecule has 3 aromatic carbocycles. The predicted octanol–water partition coefficient (Wildman–Crippen LogP) is 6.11. The van der Waals surface area contributed by atoms with E-state index in [1.807, 2.05) is 12.1 Å². The van der Waals surface area contributed by atoms with Crippen LogP contribution in [0.2, 0.25) is 0 Å². The van der Waals surface area contributed by atoms with Crippen LogP contribution in [0.3, 0.4) is 0 Å². The molecule has 3 aromatic rings. The maximum absolute atomic E-state index is 13.9. The van der Waals surface area contributed by atoms with Crippen LogP contribution in [0, 0.1) is 0 Å². The first-order valence-electron chi connectivity index (χ1n) is 14.8. The van der Waals surface area contributed by atoms with Crippen LogP contribution in [0.1, 0.15) is 45.1 Å². The van der Waals surface area contributed by atoms with Gasteiger partial charge in [-0.2, -0.15) is 0 Å². The number of hydrogen-bond acceptors (Lipinski definition) is 8. The van der Waals surface area contributed by atoms with Crippen LogP contribution in [-0.2, 0) is 24.4 Å². The van der Waals surface area contributed by atoms with Crippen molar-refractivity contribution in [3.05, 3.63) is 83.3 Å². The first-order valence-corrected chi connectivity index (χ1v) is 18.1. The molecule has 1 N–H and O–H groups in total. The number of nitrogens with zero attached hydrogens (tertiary/aromatic N) is 1. The van der Waals surface area contributed by atoms with Crippen LogP contribution in [0.15, 0.2) is 77.7 Å². The highest BCUT2D eigenvalue weighted by Gasteiger charge is 2.46. The maximum Gasteiger partial charge on any atom is 0.177 e. The fourth-order valence-electron chi connectivity index (χ4n) is 5.81. The molecule has 10 heteroatoms. The largest absolute Gasteiger partial charge is 0.508 e. The second kappa shape index (κ2) is 12.7. The van der Waals surface area contributed by atoms with E-state index >= 15 is 0 Å². The van der Waals surface area contributed by atoms with E-state index in [4.69, 9.17) is 9.47 Å². The third-order valence-corrected chi connectivity index (χ3v) is 12.4. The van der Waals surface area contributed by atoms with Crippen molar-refractivity contribution in [3.8, 4) is 23.0 Å².